The normalized spacial score (nSPS) is 13.1. The van der Waals surface area contributed by atoms with Crippen LogP contribution < -0.4 is 5.32 Å². The van der Waals surface area contributed by atoms with Crippen molar-refractivity contribution in [1.82, 2.24) is 10.3 Å². The van der Waals surface area contributed by atoms with Crippen LogP contribution in [0.3, 0.4) is 0 Å². The lowest BCUT2D eigenvalue weighted by molar-refractivity contribution is 0.422. The molecule has 84 valence electrons. The molecule has 0 spiro atoms. The van der Waals surface area contributed by atoms with Gasteiger partial charge in [0, 0.05) is 18.4 Å². The third kappa shape index (κ3) is 4.93. The first-order chi connectivity index (χ1) is 7.22. The van der Waals surface area contributed by atoms with Gasteiger partial charge in [0.1, 0.15) is 0 Å². The second-order valence-corrected chi connectivity index (χ2v) is 4.51. The van der Waals surface area contributed by atoms with Gasteiger partial charge < -0.3 is 5.32 Å². The molecule has 1 aromatic heterocycles. The maximum atomic E-state index is 4.03. The minimum Gasteiger partial charge on any atom is -0.317 e. The summed E-state index contributed by atoms with van der Waals surface area (Å²) in [6.07, 6.45) is 7.33. The molecule has 1 unspecified atom stereocenters. The molecule has 0 saturated heterocycles. The molecule has 0 aliphatic heterocycles. The fourth-order valence-electron chi connectivity index (χ4n) is 1.84. The quantitative estimate of drug-likeness (QED) is 0.774. The SMILES string of the molecule is CNC(CCc1ccncc1)CC(C)C. The van der Waals surface area contributed by atoms with Gasteiger partial charge in [0.2, 0.25) is 0 Å². The summed E-state index contributed by atoms with van der Waals surface area (Å²) in [5, 5.41) is 3.39. The van der Waals surface area contributed by atoms with Crippen LogP contribution in [0.25, 0.3) is 0 Å². The van der Waals surface area contributed by atoms with E-state index in [1.54, 1.807) is 0 Å². The lowest BCUT2D eigenvalue weighted by Crippen LogP contribution is -2.27. The highest BCUT2D eigenvalue weighted by Crippen LogP contribution is 2.10. The Kier molecular flexibility index (Phi) is 5.33. The van der Waals surface area contributed by atoms with E-state index in [1.807, 2.05) is 12.4 Å². The molecule has 0 amide bonds. The first kappa shape index (κ1) is 12.2. The monoisotopic (exact) mass is 206 g/mol. The second-order valence-electron chi connectivity index (χ2n) is 4.51. The van der Waals surface area contributed by atoms with Crippen molar-refractivity contribution in [3.63, 3.8) is 0 Å². The molecule has 1 N–H and O–H groups in total. The Bertz CT molecular complexity index is 256. The van der Waals surface area contributed by atoms with E-state index in [1.165, 1.54) is 18.4 Å². The standard InChI is InChI=1S/C13H22N2/c1-11(2)10-13(14-3)5-4-12-6-8-15-9-7-12/h6-9,11,13-14H,4-5,10H2,1-3H3. The molecule has 0 aromatic carbocycles. The number of pyridine rings is 1. The molecule has 0 radical (unpaired) electrons. The van der Waals surface area contributed by atoms with Crippen molar-refractivity contribution in [3.8, 4) is 0 Å². The van der Waals surface area contributed by atoms with Gasteiger partial charge in [-0.1, -0.05) is 13.8 Å². The van der Waals surface area contributed by atoms with Gasteiger partial charge in [0.05, 0.1) is 0 Å². The number of nitrogens with zero attached hydrogens (tertiary/aromatic N) is 1. The zero-order valence-corrected chi connectivity index (χ0v) is 10.0. The van der Waals surface area contributed by atoms with Gasteiger partial charge in [-0.2, -0.15) is 0 Å². The topological polar surface area (TPSA) is 24.9 Å². The van der Waals surface area contributed by atoms with Gasteiger partial charge in [-0.05, 0) is 49.9 Å². The minimum atomic E-state index is 0.637. The summed E-state index contributed by atoms with van der Waals surface area (Å²) in [5.74, 6) is 0.764. The fourth-order valence-corrected chi connectivity index (χ4v) is 1.84. The van der Waals surface area contributed by atoms with Crippen molar-refractivity contribution in [2.24, 2.45) is 5.92 Å². The Morgan fingerprint density at radius 3 is 2.47 bits per heavy atom. The molecule has 0 aliphatic rings. The van der Waals surface area contributed by atoms with Gasteiger partial charge in [-0.25, -0.2) is 0 Å². The van der Waals surface area contributed by atoms with Gasteiger partial charge in [0.15, 0.2) is 0 Å². The highest BCUT2D eigenvalue weighted by Gasteiger charge is 2.08. The molecule has 1 atom stereocenters. The first-order valence-corrected chi connectivity index (χ1v) is 5.78. The zero-order chi connectivity index (χ0) is 11.1. The van der Waals surface area contributed by atoms with Crippen molar-refractivity contribution in [3.05, 3.63) is 30.1 Å². The Labute approximate surface area is 93.1 Å². The summed E-state index contributed by atoms with van der Waals surface area (Å²) < 4.78 is 0. The van der Waals surface area contributed by atoms with E-state index in [2.05, 4.69) is 43.3 Å². The van der Waals surface area contributed by atoms with Crippen LogP contribution in [-0.2, 0) is 6.42 Å². The predicted octanol–water partition coefficient (Wildman–Crippen LogP) is 2.65. The second kappa shape index (κ2) is 6.57. The van der Waals surface area contributed by atoms with Crippen molar-refractivity contribution in [2.45, 2.75) is 39.2 Å². The summed E-state index contributed by atoms with van der Waals surface area (Å²) in [4.78, 5) is 4.03. The highest BCUT2D eigenvalue weighted by molar-refractivity contribution is 5.09. The lowest BCUT2D eigenvalue weighted by Gasteiger charge is -2.18. The van der Waals surface area contributed by atoms with E-state index in [4.69, 9.17) is 0 Å². The summed E-state index contributed by atoms with van der Waals surface area (Å²) in [6, 6.07) is 4.84. The average molecular weight is 206 g/mol. The molecular formula is C13H22N2. The summed E-state index contributed by atoms with van der Waals surface area (Å²) in [6.45, 7) is 4.55. The molecule has 1 aromatic rings. The van der Waals surface area contributed by atoms with Crippen LogP contribution >= 0.6 is 0 Å². The maximum absolute atomic E-state index is 4.03. The van der Waals surface area contributed by atoms with Crippen LogP contribution in [-0.4, -0.2) is 18.1 Å². The number of hydrogen-bond acceptors (Lipinski definition) is 2. The van der Waals surface area contributed by atoms with Crippen molar-refractivity contribution >= 4 is 0 Å². The number of nitrogens with one attached hydrogen (secondary N) is 1. The van der Waals surface area contributed by atoms with Crippen LogP contribution in [0.1, 0.15) is 32.3 Å². The van der Waals surface area contributed by atoms with Gasteiger partial charge >= 0.3 is 0 Å². The Balaban J connectivity index is 2.34. The van der Waals surface area contributed by atoms with Gasteiger partial charge in [0.25, 0.3) is 0 Å². The van der Waals surface area contributed by atoms with Crippen LogP contribution in [0.5, 0.6) is 0 Å². The van der Waals surface area contributed by atoms with E-state index in [9.17, 15) is 0 Å². The summed E-state index contributed by atoms with van der Waals surface area (Å²) in [7, 11) is 2.06. The largest absolute Gasteiger partial charge is 0.317 e. The summed E-state index contributed by atoms with van der Waals surface area (Å²) in [5.41, 5.74) is 1.38. The Hall–Kier alpha value is -0.890. The minimum absolute atomic E-state index is 0.637. The van der Waals surface area contributed by atoms with Crippen molar-refractivity contribution in [2.75, 3.05) is 7.05 Å². The van der Waals surface area contributed by atoms with Crippen LogP contribution in [0.15, 0.2) is 24.5 Å². The molecule has 0 bridgehead atoms. The fraction of sp³-hybridized carbons (Fsp3) is 0.615. The van der Waals surface area contributed by atoms with E-state index in [0.29, 0.717) is 6.04 Å². The molecular weight excluding hydrogens is 184 g/mol. The van der Waals surface area contributed by atoms with Crippen molar-refractivity contribution < 1.29 is 0 Å². The predicted molar refractivity (Wildman–Crippen MR) is 64.9 cm³/mol. The average Bonchev–Trinajstić information content (AvgIpc) is 2.25. The number of aryl methyl sites for hydroxylation is 1. The van der Waals surface area contributed by atoms with Crippen LogP contribution in [0, 0.1) is 5.92 Å². The molecule has 0 saturated carbocycles. The van der Waals surface area contributed by atoms with Gasteiger partial charge in [-0.3, -0.25) is 4.98 Å². The zero-order valence-electron chi connectivity index (χ0n) is 10.0. The molecule has 2 nitrogen and oxygen atoms in total. The molecule has 0 fully saturated rings. The van der Waals surface area contributed by atoms with E-state index in [-0.39, 0.29) is 0 Å². The van der Waals surface area contributed by atoms with Gasteiger partial charge in [-0.15, -0.1) is 0 Å². The highest BCUT2D eigenvalue weighted by atomic mass is 14.9. The van der Waals surface area contributed by atoms with E-state index < -0.39 is 0 Å². The number of hydrogen-bond donors (Lipinski definition) is 1. The smallest absolute Gasteiger partial charge is 0.0270 e. The Morgan fingerprint density at radius 2 is 1.93 bits per heavy atom. The van der Waals surface area contributed by atoms with E-state index >= 15 is 0 Å². The third-order valence-electron chi connectivity index (χ3n) is 2.70. The molecule has 0 aliphatic carbocycles. The summed E-state index contributed by atoms with van der Waals surface area (Å²) >= 11 is 0. The van der Waals surface area contributed by atoms with Crippen LogP contribution in [0.2, 0.25) is 0 Å². The van der Waals surface area contributed by atoms with E-state index in [0.717, 1.165) is 12.3 Å². The van der Waals surface area contributed by atoms with Crippen LogP contribution in [0.4, 0.5) is 0 Å². The lowest BCUT2D eigenvalue weighted by atomic mass is 9.98. The first-order valence-electron chi connectivity index (χ1n) is 5.78. The Morgan fingerprint density at radius 1 is 1.27 bits per heavy atom. The molecule has 1 rings (SSSR count). The maximum Gasteiger partial charge on any atom is 0.0270 e. The molecule has 15 heavy (non-hydrogen) atoms. The molecule has 2 heteroatoms. The van der Waals surface area contributed by atoms with Crippen molar-refractivity contribution in [1.29, 1.82) is 0 Å². The number of aromatic nitrogens is 1. The third-order valence-corrected chi connectivity index (χ3v) is 2.70. The number of rotatable bonds is 6. The molecule has 1 heterocycles.